The van der Waals surface area contributed by atoms with Crippen molar-refractivity contribution in [1.82, 2.24) is 4.98 Å². The number of nitrogens with one attached hydrogen (secondary N) is 1. The van der Waals surface area contributed by atoms with Gasteiger partial charge in [0.15, 0.2) is 0 Å². The lowest BCUT2D eigenvalue weighted by Crippen LogP contribution is -2.03. The van der Waals surface area contributed by atoms with Crippen LogP contribution in [0, 0.1) is 5.82 Å². The Morgan fingerprint density at radius 1 is 1.18 bits per heavy atom. The number of hydrogen-bond donors (Lipinski definition) is 1. The van der Waals surface area contributed by atoms with Crippen LogP contribution in [0.4, 0.5) is 10.2 Å². The van der Waals surface area contributed by atoms with Gasteiger partial charge in [-0.05, 0) is 24.3 Å². The summed E-state index contributed by atoms with van der Waals surface area (Å²) in [6, 6.07) is 9.78. The van der Waals surface area contributed by atoms with Crippen LogP contribution in [0.2, 0.25) is 10.2 Å². The third-order valence-electron chi connectivity index (χ3n) is 2.19. The summed E-state index contributed by atoms with van der Waals surface area (Å²) in [7, 11) is 0. The molecule has 0 saturated carbocycles. The monoisotopic (exact) mass is 270 g/mol. The first-order chi connectivity index (χ1) is 8.15. The van der Waals surface area contributed by atoms with E-state index >= 15 is 0 Å². The minimum atomic E-state index is -0.341. The van der Waals surface area contributed by atoms with E-state index in [9.17, 15) is 4.39 Å². The summed E-state index contributed by atoms with van der Waals surface area (Å²) < 4.78 is 13.5. The highest BCUT2D eigenvalue weighted by Crippen LogP contribution is 2.16. The molecule has 0 aliphatic heterocycles. The average Bonchev–Trinajstić information content (AvgIpc) is 2.28. The number of anilines is 1. The molecule has 2 rings (SSSR count). The normalized spacial score (nSPS) is 10.3. The van der Waals surface area contributed by atoms with Crippen molar-refractivity contribution in [2.24, 2.45) is 0 Å². The second-order valence-corrected chi connectivity index (χ2v) is 4.26. The molecule has 2 nitrogen and oxygen atoms in total. The maximum atomic E-state index is 13.5. The van der Waals surface area contributed by atoms with Crippen LogP contribution in [0.25, 0.3) is 0 Å². The van der Waals surface area contributed by atoms with Crippen molar-refractivity contribution in [3.8, 4) is 0 Å². The van der Waals surface area contributed by atoms with E-state index in [1.54, 1.807) is 30.3 Å². The van der Waals surface area contributed by atoms with E-state index in [1.807, 2.05) is 0 Å². The zero-order chi connectivity index (χ0) is 12.3. The van der Waals surface area contributed by atoms with Crippen molar-refractivity contribution in [1.29, 1.82) is 0 Å². The van der Waals surface area contributed by atoms with Crippen molar-refractivity contribution in [2.45, 2.75) is 6.54 Å². The molecule has 0 amide bonds. The molecule has 88 valence electrons. The number of nitrogens with zero attached hydrogens (tertiary/aromatic N) is 1. The molecular weight excluding hydrogens is 262 g/mol. The van der Waals surface area contributed by atoms with Crippen LogP contribution >= 0.6 is 23.2 Å². The second kappa shape index (κ2) is 5.34. The first-order valence-corrected chi connectivity index (χ1v) is 5.71. The number of hydrogen-bond acceptors (Lipinski definition) is 2. The third-order valence-corrected chi connectivity index (χ3v) is 2.64. The van der Waals surface area contributed by atoms with E-state index in [4.69, 9.17) is 23.2 Å². The van der Waals surface area contributed by atoms with Crippen molar-refractivity contribution >= 4 is 29.0 Å². The van der Waals surface area contributed by atoms with Crippen molar-refractivity contribution in [3.05, 3.63) is 58.0 Å². The first-order valence-electron chi connectivity index (χ1n) is 4.95. The van der Waals surface area contributed by atoms with Crippen LogP contribution in [0.1, 0.15) is 5.56 Å². The van der Waals surface area contributed by atoms with Crippen LogP contribution in [0.5, 0.6) is 0 Å². The Kier molecular flexibility index (Phi) is 3.82. The van der Waals surface area contributed by atoms with Gasteiger partial charge in [-0.1, -0.05) is 35.3 Å². The molecule has 2 aromatic rings. The Balaban J connectivity index is 2.07. The highest BCUT2D eigenvalue weighted by atomic mass is 35.5. The summed E-state index contributed by atoms with van der Waals surface area (Å²) in [6.45, 7) is 0.330. The minimum absolute atomic E-state index is 0.330. The number of halogens is 3. The summed E-state index contributed by atoms with van der Waals surface area (Å²) in [5, 5.41) is 3.76. The van der Waals surface area contributed by atoms with Crippen molar-refractivity contribution < 1.29 is 4.39 Å². The third kappa shape index (κ3) is 3.32. The lowest BCUT2D eigenvalue weighted by atomic mass is 10.2. The molecule has 1 aromatic carbocycles. The molecule has 1 N–H and O–H groups in total. The maximum absolute atomic E-state index is 13.5. The standard InChI is InChI=1S/C12H9Cl2FN2/c13-9-5-4-8(10(15)6-9)7-16-12-3-1-2-11(14)17-12/h1-6H,7H2,(H,16,17). The van der Waals surface area contributed by atoms with E-state index in [2.05, 4.69) is 10.3 Å². The van der Waals surface area contributed by atoms with Crippen LogP contribution in [0.3, 0.4) is 0 Å². The highest BCUT2D eigenvalue weighted by Gasteiger charge is 2.03. The van der Waals surface area contributed by atoms with E-state index in [-0.39, 0.29) is 5.82 Å². The molecule has 0 aliphatic rings. The fraction of sp³-hybridized carbons (Fsp3) is 0.0833. The Labute approximate surface area is 108 Å². The molecular formula is C12H9Cl2FN2. The average molecular weight is 271 g/mol. The van der Waals surface area contributed by atoms with Gasteiger partial charge in [-0.15, -0.1) is 0 Å². The van der Waals surface area contributed by atoms with Crippen molar-refractivity contribution in [2.75, 3.05) is 5.32 Å². The largest absolute Gasteiger partial charge is 0.366 e. The molecule has 0 spiro atoms. The number of rotatable bonds is 3. The lowest BCUT2D eigenvalue weighted by Gasteiger charge is -2.07. The van der Waals surface area contributed by atoms with Gasteiger partial charge in [0.25, 0.3) is 0 Å². The van der Waals surface area contributed by atoms with Gasteiger partial charge in [-0.25, -0.2) is 9.37 Å². The molecule has 0 saturated heterocycles. The molecule has 0 aliphatic carbocycles. The summed E-state index contributed by atoms with van der Waals surface area (Å²) in [6.07, 6.45) is 0. The quantitative estimate of drug-likeness (QED) is 0.848. The van der Waals surface area contributed by atoms with E-state index in [0.717, 1.165) is 0 Å². The van der Waals surface area contributed by atoms with Gasteiger partial charge in [-0.3, -0.25) is 0 Å². The van der Waals surface area contributed by atoms with Crippen LogP contribution in [0.15, 0.2) is 36.4 Å². The Hall–Kier alpha value is -1.32. The zero-order valence-corrected chi connectivity index (χ0v) is 10.3. The van der Waals surface area contributed by atoms with Gasteiger partial charge >= 0.3 is 0 Å². The first kappa shape index (κ1) is 12.1. The minimum Gasteiger partial charge on any atom is -0.366 e. The SMILES string of the molecule is Fc1cc(Cl)ccc1CNc1cccc(Cl)n1. The van der Waals surface area contributed by atoms with Crippen LogP contribution in [-0.4, -0.2) is 4.98 Å². The molecule has 0 unspecified atom stereocenters. The van der Waals surface area contributed by atoms with E-state index in [1.165, 1.54) is 6.07 Å². The molecule has 17 heavy (non-hydrogen) atoms. The Bertz CT molecular complexity index is 532. The summed E-state index contributed by atoms with van der Waals surface area (Å²) >= 11 is 11.4. The predicted molar refractivity (Wildman–Crippen MR) is 68.0 cm³/mol. The summed E-state index contributed by atoms with van der Waals surface area (Å²) in [5.41, 5.74) is 0.524. The Morgan fingerprint density at radius 3 is 2.71 bits per heavy atom. The molecule has 0 bridgehead atoms. The smallest absolute Gasteiger partial charge is 0.131 e. The van der Waals surface area contributed by atoms with Crippen LogP contribution in [-0.2, 0) is 6.54 Å². The summed E-state index contributed by atoms with van der Waals surface area (Å²) in [5.74, 6) is 0.263. The highest BCUT2D eigenvalue weighted by molar-refractivity contribution is 6.30. The van der Waals surface area contributed by atoms with Crippen LogP contribution < -0.4 is 5.32 Å². The number of benzene rings is 1. The predicted octanol–water partition coefficient (Wildman–Crippen LogP) is 4.14. The zero-order valence-electron chi connectivity index (χ0n) is 8.75. The van der Waals surface area contributed by atoms with E-state index in [0.29, 0.717) is 28.1 Å². The summed E-state index contributed by atoms with van der Waals surface area (Å²) in [4.78, 5) is 4.04. The van der Waals surface area contributed by atoms with Gasteiger partial charge in [-0.2, -0.15) is 0 Å². The molecule has 0 atom stereocenters. The van der Waals surface area contributed by atoms with E-state index < -0.39 is 0 Å². The van der Waals surface area contributed by atoms with Gasteiger partial charge in [0.1, 0.15) is 16.8 Å². The lowest BCUT2D eigenvalue weighted by molar-refractivity contribution is 0.613. The fourth-order valence-corrected chi connectivity index (χ4v) is 1.68. The maximum Gasteiger partial charge on any atom is 0.131 e. The van der Waals surface area contributed by atoms with Gasteiger partial charge in [0.2, 0.25) is 0 Å². The fourth-order valence-electron chi connectivity index (χ4n) is 1.36. The molecule has 0 fully saturated rings. The molecule has 5 heteroatoms. The van der Waals surface area contributed by atoms with Gasteiger partial charge in [0, 0.05) is 17.1 Å². The van der Waals surface area contributed by atoms with Crippen molar-refractivity contribution in [3.63, 3.8) is 0 Å². The van der Waals surface area contributed by atoms with Gasteiger partial charge in [0.05, 0.1) is 0 Å². The molecule has 0 radical (unpaired) electrons. The second-order valence-electron chi connectivity index (χ2n) is 3.43. The Morgan fingerprint density at radius 2 is 2.00 bits per heavy atom. The molecule has 1 aromatic heterocycles. The molecule has 1 heterocycles. The number of pyridine rings is 1. The van der Waals surface area contributed by atoms with Gasteiger partial charge < -0.3 is 5.32 Å². The topological polar surface area (TPSA) is 24.9 Å². The number of aromatic nitrogens is 1.